The normalized spacial score (nSPS) is 22.8. The Morgan fingerprint density at radius 3 is 2.86 bits per heavy atom. The van der Waals surface area contributed by atoms with E-state index in [0.717, 1.165) is 6.42 Å². The summed E-state index contributed by atoms with van der Waals surface area (Å²) in [6.45, 7) is 0. The van der Waals surface area contributed by atoms with Crippen LogP contribution >= 0.6 is 0 Å². The number of rotatable bonds is 3. The third-order valence-electron chi connectivity index (χ3n) is 5.26. The molecule has 2 heterocycles. The molecule has 110 valence electrons. The average Bonchev–Trinajstić information content (AvgIpc) is 3.11. The van der Waals surface area contributed by atoms with Gasteiger partial charge in [0.1, 0.15) is 0 Å². The molecule has 3 nitrogen and oxygen atoms in total. The van der Waals surface area contributed by atoms with Crippen molar-refractivity contribution in [3.63, 3.8) is 0 Å². The first kappa shape index (κ1) is 13.1. The summed E-state index contributed by atoms with van der Waals surface area (Å²) in [7, 11) is 0. The van der Waals surface area contributed by atoms with Gasteiger partial charge >= 0.3 is 0 Å². The number of imidazole rings is 1. The molecule has 0 radical (unpaired) electrons. The van der Waals surface area contributed by atoms with Gasteiger partial charge in [-0.2, -0.15) is 0 Å². The van der Waals surface area contributed by atoms with Gasteiger partial charge in [-0.25, -0.2) is 4.98 Å². The Balaban J connectivity index is 1.60. The Morgan fingerprint density at radius 2 is 2.00 bits per heavy atom. The molecule has 1 aromatic heterocycles. The molecule has 3 heteroatoms. The van der Waals surface area contributed by atoms with Crippen LogP contribution in [0.2, 0.25) is 0 Å². The Hall–Kier alpha value is -1.61. The molecule has 0 bridgehead atoms. The van der Waals surface area contributed by atoms with Crippen LogP contribution in [-0.4, -0.2) is 20.8 Å². The Morgan fingerprint density at radius 1 is 1.19 bits per heavy atom. The van der Waals surface area contributed by atoms with Gasteiger partial charge < -0.3 is 9.67 Å². The SMILES string of the molecule is OC(C[C@H]1c2ccccc2-c2cncn21)C1CCCCC1. The molecule has 1 aromatic carbocycles. The number of hydrogen-bond donors (Lipinski definition) is 1. The van der Waals surface area contributed by atoms with Crippen LogP contribution in [0.25, 0.3) is 11.3 Å². The average molecular weight is 282 g/mol. The van der Waals surface area contributed by atoms with Crippen molar-refractivity contribution in [1.29, 1.82) is 0 Å². The van der Waals surface area contributed by atoms with Gasteiger partial charge in [0.05, 0.1) is 30.4 Å². The van der Waals surface area contributed by atoms with Gasteiger partial charge in [0.15, 0.2) is 0 Å². The van der Waals surface area contributed by atoms with Crippen molar-refractivity contribution in [3.05, 3.63) is 42.4 Å². The van der Waals surface area contributed by atoms with Gasteiger partial charge in [0.25, 0.3) is 0 Å². The standard InChI is InChI=1S/C18H22N2O/c21-18(13-6-2-1-3-7-13)10-16-14-8-4-5-9-15(14)17-11-19-12-20(16)17/h4-5,8-9,11-13,16,18,21H,1-3,6-7,10H2/t16-,18?/m0/s1. The molecule has 1 aliphatic carbocycles. The van der Waals surface area contributed by atoms with Crippen molar-refractivity contribution in [3.8, 4) is 11.3 Å². The number of hydrogen-bond acceptors (Lipinski definition) is 2. The zero-order valence-electron chi connectivity index (χ0n) is 12.3. The van der Waals surface area contributed by atoms with Crippen molar-refractivity contribution in [2.75, 3.05) is 0 Å². The van der Waals surface area contributed by atoms with Gasteiger partial charge in [-0.3, -0.25) is 0 Å². The summed E-state index contributed by atoms with van der Waals surface area (Å²) >= 11 is 0. The molecule has 1 saturated carbocycles. The number of aliphatic hydroxyl groups is 1. The van der Waals surface area contributed by atoms with Crippen LogP contribution in [0.15, 0.2) is 36.8 Å². The Bertz CT molecular complexity index is 628. The topological polar surface area (TPSA) is 38.1 Å². The highest BCUT2D eigenvalue weighted by atomic mass is 16.3. The highest BCUT2D eigenvalue weighted by Gasteiger charge is 2.32. The molecule has 0 saturated heterocycles. The molecule has 2 atom stereocenters. The van der Waals surface area contributed by atoms with Crippen LogP contribution < -0.4 is 0 Å². The van der Waals surface area contributed by atoms with Crippen LogP contribution in [0.3, 0.4) is 0 Å². The van der Waals surface area contributed by atoms with Gasteiger partial charge in [-0.1, -0.05) is 43.5 Å². The van der Waals surface area contributed by atoms with Crippen LogP contribution in [0, 0.1) is 5.92 Å². The molecule has 0 spiro atoms. The number of benzene rings is 1. The molecule has 1 N–H and O–H groups in total. The highest BCUT2D eigenvalue weighted by molar-refractivity contribution is 5.68. The van der Waals surface area contributed by atoms with E-state index < -0.39 is 0 Å². The third kappa shape index (κ3) is 2.20. The minimum absolute atomic E-state index is 0.197. The molecule has 2 aromatic rings. The number of aromatic nitrogens is 2. The number of nitrogens with zero attached hydrogens (tertiary/aromatic N) is 2. The fraction of sp³-hybridized carbons (Fsp3) is 0.500. The fourth-order valence-corrected chi connectivity index (χ4v) is 4.11. The van der Waals surface area contributed by atoms with E-state index in [1.807, 2.05) is 12.5 Å². The van der Waals surface area contributed by atoms with Crippen molar-refractivity contribution in [2.24, 2.45) is 5.92 Å². The van der Waals surface area contributed by atoms with Crippen LogP contribution in [0.1, 0.15) is 50.1 Å². The Kier molecular flexibility index (Phi) is 3.30. The molecular formula is C18H22N2O. The second-order valence-corrected chi connectivity index (χ2v) is 6.49. The summed E-state index contributed by atoms with van der Waals surface area (Å²) in [6, 6.07) is 8.78. The lowest BCUT2D eigenvalue weighted by Gasteiger charge is -2.29. The predicted octanol–water partition coefficient (Wildman–Crippen LogP) is 3.78. The zero-order valence-corrected chi connectivity index (χ0v) is 12.3. The summed E-state index contributed by atoms with van der Waals surface area (Å²) in [5.41, 5.74) is 3.80. The maximum absolute atomic E-state index is 10.7. The maximum atomic E-state index is 10.7. The lowest BCUT2D eigenvalue weighted by atomic mass is 9.82. The van der Waals surface area contributed by atoms with Gasteiger partial charge in [-0.15, -0.1) is 0 Å². The third-order valence-corrected chi connectivity index (χ3v) is 5.26. The molecule has 4 rings (SSSR count). The first-order valence-electron chi connectivity index (χ1n) is 8.14. The minimum Gasteiger partial charge on any atom is -0.393 e. The maximum Gasteiger partial charge on any atom is 0.0956 e. The summed E-state index contributed by atoms with van der Waals surface area (Å²) in [5, 5.41) is 10.7. The van der Waals surface area contributed by atoms with Crippen molar-refractivity contribution in [1.82, 2.24) is 9.55 Å². The molecule has 21 heavy (non-hydrogen) atoms. The van der Waals surface area contributed by atoms with E-state index in [0.29, 0.717) is 5.92 Å². The van der Waals surface area contributed by atoms with E-state index in [1.54, 1.807) is 0 Å². The first-order chi connectivity index (χ1) is 10.3. The molecule has 2 aliphatic rings. The van der Waals surface area contributed by atoms with E-state index in [2.05, 4.69) is 33.8 Å². The summed E-state index contributed by atoms with van der Waals surface area (Å²) < 4.78 is 2.23. The largest absolute Gasteiger partial charge is 0.393 e. The number of fused-ring (bicyclic) bond motifs is 3. The van der Waals surface area contributed by atoms with E-state index >= 15 is 0 Å². The van der Waals surface area contributed by atoms with E-state index in [1.165, 1.54) is 48.9 Å². The predicted molar refractivity (Wildman–Crippen MR) is 83.0 cm³/mol. The molecule has 1 fully saturated rings. The monoisotopic (exact) mass is 282 g/mol. The summed E-state index contributed by atoms with van der Waals surface area (Å²) in [6.07, 6.45) is 10.7. The van der Waals surface area contributed by atoms with E-state index in [-0.39, 0.29) is 12.1 Å². The van der Waals surface area contributed by atoms with Crippen molar-refractivity contribution < 1.29 is 5.11 Å². The zero-order chi connectivity index (χ0) is 14.2. The molecule has 0 amide bonds. The molecule has 1 aliphatic heterocycles. The van der Waals surface area contributed by atoms with E-state index in [9.17, 15) is 5.11 Å². The summed E-state index contributed by atoms with van der Waals surface area (Å²) in [4.78, 5) is 4.29. The number of aliphatic hydroxyl groups excluding tert-OH is 1. The molecule has 1 unspecified atom stereocenters. The second kappa shape index (κ2) is 5.30. The van der Waals surface area contributed by atoms with Gasteiger partial charge in [0, 0.05) is 5.56 Å². The summed E-state index contributed by atoms with van der Waals surface area (Å²) in [5.74, 6) is 0.485. The quantitative estimate of drug-likeness (QED) is 0.930. The van der Waals surface area contributed by atoms with Crippen molar-refractivity contribution >= 4 is 0 Å². The lowest BCUT2D eigenvalue weighted by Crippen LogP contribution is -2.26. The minimum atomic E-state index is -0.197. The molecular weight excluding hydrogens is 260 g/mol. The van der Waals surface area contributed by atoms with Gasteiger partial charge in [-0.05, 0) is 30.7 Å². The Labute approximate surface area is 125 Å². The van der Waals surface area contributed by atoms with Crippen molar-refractivity contribution in [2.45, 2.75) is 50.7 Å². The van der Waals surface area contributed by atoms with Crippen LogP contribution in [0.4, 0.5) is 0 Å². The van der Waals surface area contributed by atoms with E-state index in [4.69, 9.17) is 0 Å². The van der Waals surface area contributed by atoms with Crippen LogP contribution in [-0.2, 0) is 0 Å². The second-order valence-electron chi connectivity index (χ2n) is 6.49. The lowest BCUT2D eigenvalue weighted by molar-refractivity contribution is 0.0686. The highest BCUT2D eigenvalue weighted by Crippen LogP contribution is 2.42. The fourth-order valence-electron chi connectivity index (χ4n) is 4.11. The first-order valence-corrected chi connectivity index (χ1v) is 8.14. The smallest absolute Gasteiger partial charge is 0.0956 e. The van der Waals surface area contributed by atoms with Gasteiger partial charge in [0.2, 0.25) is 0 Å². The van der Waals surface area contributed by atoms with Crippen LogP contribution in [0.5, 0.6) is 0 Å².